The van der Waals surface area contributed by atoms with E-state index in [1.165, 1.54) is 10.5 Å². The van der Waals surface area contributed by atoms with E-state index in [2.05, 4.69) is 13.8 Å². The Morgan fingerprint density at radius 1 is 1.33 bits per heavy atom. The van der Waals surface area contributed by atoms with Crippen molar-refractivity contribution in [2.75, 3.05) is 0 Å². The normalized spacial score (nSPS) is 8.67. The zero-order valence-corrected chi connectivity index (χ0v) is 8.97. The first kappa shape index (κ1) is 7.43. The van der Waals surface area contributed by atoms with Crippen LogP contribution in [0, 0.1) is 0 Å². The minimum atomic E-state index is -0.290. The van der Waals surface area contributed by atoms with Crippen molar-refractivity contribution in [1.82, 2.24) is 0 Å². The first-order valence-electron chi connectivity index (χ1n) is 2.37. The maximum absolute atomic E-state index is 2.33. The van der Waals surface area contributed by atoms with Gasteiger partial charge in [-0.2, -0.15) is 0 Å². The van der Waals surface area contributed by atoms with Gasteiger partial charge in [0.1, 0.15) is 0 Å². The van der Waals surface area contributed by atoms with Crippen molar-refractivity contribution in [3.05, 3.63) is 0 Å². The quantitative estimate of drug-likeness (QED) is 0.622. The molecule has 0 N–H and O–H groups in total. The van der Waals surface area contributed by atoms with Crippen LogP contribution < -0.4 is 0 Å². The first-order valence-corrected chi connectivity index (χ1v) is 12.8. The van der Waals surface area contributed by atoms with Crippen LogP contribution in [0.4, 0.5) is 0 Å². The summed E-state index contributed by atoms with van der Waals surface area (Å²) in [4.78, 5) is 0. The molecule has 0 unspecified atom stereocenters. The first-order chi connectivity index (χ1) is 2.81. The molecule has 0 atom stereocenters. The second-order valence-electron chi connectivity index (χ2n) is 1.31. The van der Waals surface area contributed by atoms with E-state index in [0.29, 0.717) is 0 Å². The molecule has 0 radical (unpaired) electrons. The molecule has 0 aliphatic rings. The van der Waals surface area contributed by atoms with Crippen molar-refractivity contribution in [1.29, 1.82) is 0 Å². The molecule has 0 amide bonds. The van der Waals surface area contributed by atoms with Crippen molar-refractivity contribution in [3.63, 3.8) is 0 Å². The molecule has 0 aromatic rings. The summed E-state index contributed by atoms with van der Waals surface area (Å²) in [6.07, 6.45) is 0. The average molecular weight is 222 g/mol. The zero-order valence-electron chi connectivity index (χ0n) is 4.41. The standard InChI is InChI=1S/C4H10Ge.Zr/c1-3-5-4-2;/h3-4H2,1-2H3;/q;+2. The van der Waals surface area contributed by atoms with Crippen LogP contribution in [0.5, 0.6) is 0 Å². The third-order valence-corrected chi connectivity index (χ3v) is 13.5. The fraction of sp³-hybridized carbons (Fsp3) is 1.00. The van der Waals surface area contributed by atoms with Gasteiger partial charge in [-0.05, 0) is 0 Å². The van der Waals surface area contributed by atoms with Crippen molar-refractivity contribution in [2.45, 2.75) is 24.4 Å². The summed E-state index contributed by atoms with van der Waals surface area (Å²) in [7, 11) is -0.290. The Kier molecular flexibility index (Phi) is 5.67. The molecule has 0 nitrogen and oxygen atoms in total. The Morgan fingerprint density at radius 2 is 1.67 bits per heavy atom. The monoisotopic (exact) mass is 222 g/mol. The second-order valence-corrected chi connectivity index (χ2v) is 15.8. The van der Waals surface area contributed by atoms with Gasteiger partial charge in [-0.3, -0.25) is 0 Å². The van der Waals surface area contributed by atoms with E-state index in [1.807, 2.05) is 21.6 Å². The van der Waals surface area contributed by atoms with Crippen LogP contribution in [0.2, 0.25) is 10.5 Å². The molecule has 0 aliphatic carbocycles. The Balaban J connectivity index is 2.99. The molecule has 0 aromatic heterocycles. The zero-order chi connectivity index (χ0) is 4.99. The van der Waals surface area contributed by atoms with Crippen molar-refractivity contribution >= 4 is 9.98 Å². The van der Waals surface area contributed by atoms with Gasteiger partial charge in [-0.15, -0.1) is 0 Å². The van der Waals surface area contributed by atoms with E-state index in [-0.39, 0.29) is 9.98 Å². The van der Waals surface area contributed by atoms with Crippen molar-refractivity contribution in [2.24, 2.45) is 0 Å². The van der Waals surface area contributed by atoms with Crippen LogP contribution >= 0.6 is 0 Å². The van der Waals surface area contributed by atoms with Crippen molar-refractivity contribution < 1.29 is 21.6 Å². The number of rotatable bonds is 2. The Hall–Kier alpha value is 1.43. The fourth-order valence-electron chi connectivity index (χ4n) is 0.250. The summed E-state index contributed by atoms with van der Waals surface area (Å²) in [6.45, 7) is 4.65. The molecule has 0 saturated heterocycles. The molecule has 0 saturated carbocycles. The third-order valence-electron chi connectivity index (χ3n) is 0.854. The van der Waals surface area contributed by atoms with Crippen LogP contribution in [-0.4, -0.2) is 9.98 Å². The molecular formula is C4H10GeZr+2. The molecule has 0 aromatic carbocycles. The molecule has 0 spiro atoms. The van der Waals surface area contributed by atoms with E-state index in [0.717, 1.165) is 0 Å². The number of hydrogen-bond acceptors (Lipinski definition) is 0. The Bertz CT molecular complexity index is 45.5. The Morgan fingerprint density at radius 3 is 1.67 bits per heavy atom. The number of hydrogen-bond donors (Lipinski definition) is 0. The summed E-state index contributed by atoms with van der Waals surface area (Å²) in [5.74, 6) is 0. The van der Waals surface area contributed by atoms with E-state index in [1.54, 1.807) is 0 Å². The van der Waals surface area contributed by atoms with E-state index >= 15 is 0 Å². The third kappa shape index (κ3) is 3.61. The second kappa shape index (κ2) is 4.58. The van der Waals surface area contributed by atoms with Gasteiger partial charge in [0.05, 0.1) is 0 Å². The van der Waals surface area contributed by atoms with Crippen LogP contribution in [0.25, 0.3) is 0 Å². The van der Waals surface area contributed by atoms with Gasteiger partial charge in [-0.25, -0.2) is 0 Å². The van der Waals surface area contributed by atoms with Gasteiger partial charge in [0, 0.05) is 0 Å². The molecule has 0 heterocycles. The summed E-state index contributed by atoms with van der Waals surface area (Å²) in [6, 6.07) is 0. The Labute approximate surface area is 55.6 Å². The van der Waals surface area contributed by atoms with Gasteiger partial charge in [0.25, 0.3) is 0 Å². The van der Waals surface area contributed by atoms with E-state index in [4.69, 9.17) is 0 Å². The summed E-state index contributed by atoms with van der Waals surface area (Å²) in [5, 5.41) is 3.07. The SMILES string of the molecule is C[CH2][Ge](=[Zr+2])[CH2]C. The molecule has 0 fully saturated rings. The van der Waals surface area contributed by atoms with Crippen LogP contribution in [-0.2, 0) is 21.6 Å². The average Bonchev–Trinajstić information content (AvgIpc) is 1.65. The van der Waals surface area contributed by atoms with Gasteiger partial charge in [0.2, 0.25) is 0 Å². The minimum absolute atomic E-state index is 0.290. The topological polar surface area (TPSA) is 0 Å². The van der Waals surface area contributed by atoms with Crippen molar-refractivity contribution in [3.8, 4) is 0 Å². The maximum atomic E-state index is 2.33. The molecule has 0 bridgehead atoms. The van der Waals surface area contributed by atoms with Gasteiger partial charge in [-0.1, -0.05) is 0 Å². The predicted molar refractivity (Wildman–Crippen MR) is 26.7 cm³/mol. The predicted octanol–water partition coefficient (Wildman–Crippen LogP) is 1.56. The van der Waals surface area contributed by atoms with Crippen LogP contribution in [0.1, 0.15) is 13.8 Å². The molecule has 0 rings (SSSR count). The molecule has 6 heavy (non-hydrogen) atoms. The van der Waals surface area contributed by atoms with Crippen LogP contribution in [0.15, 0.2) is 0 Å². The summed E-state index contributed by atoms with van der Waals surface area (Å²) in [5.41, 5.74) is 0. The van der Waals surface area contributed by atoms with Gasteiger partial charge in [0.15, 0.2) is 0 Å². The molecular weight excluding hydrogens is 212 g/mol. The molecule has 32 valence electrons. The molecule has 0 aliphatic heterocycles. The molecule has 2 heteroatoms. The van der Waals surface area contributed by atoms with Gasteiger partial charge >= 0.3 is 55.9 Å². The fourth-order valence-corrected chi connectivity index (χ4v) is 1.30. The van der Waals surface area contributed by atoms with Crippen LogP contribution in [0.3, 0.4) is 0 Å². The summed E-state index contributed by atoms with van der Waals surface area (Å²) < 4.78 is 0. The van der Waals surface area contributed by atoms with Gasteiger partial charge < -0.3 is 0 Å². The summed E-state index contributed by atoms with van der Waals surface area (Å²) >= 11 is 1.87. The van der Waals surface area contributed by atoms with E-state index < -0.39 is 0 Å². The van der Waals surface area contributed by atoms with E-state index in [9.17, 15) is 0 Å².